The first-order valence-electron chi connectivity index (χ1n) is 8.37. The second-order valence-corrected chi connectivity index (χ2v) is 5.68. The van der Waals surface area contributed by atoms with Crippen LogP contribution in [0.1, 0.15) is 82.4 Å². The summed E-state index contributed by atoms with van der Waals surface area (Å²) in [7, 11) is 0. The normalized spacial score (nSPS) is 12.6. The molecule has 1 rings (SSSR count). The van der Waals surface area contributed by atoms with Gasteiger partial charge in [-0.3, -0.25) is 11.3 Å². The highest BCUT2D eigenvalue weighted by Gasteiger charge is 2.12. The molecule has 0 saturated heterocycles. The molecule has 1 unspecified atom stereocenters. The third-order valence-electron chi connectivity index (χ3n) is 4.11. The first-order valence-corrected chi connectivity index (χ1v) is 8.37. The fraction of sp³-hybridized carbons (Fsp3) is 0.667. The quantitative estimate of drug-likeness (QED) is 0.343. The molecule has 0 heterocycles. The molecule has 0 spiro atoms. The van der Waals surface area contributed by atoms with E-state index in [4.69, 9.17) is 5.84 Å². The lowest BCUT2D eigenvalue weighted by atomic mass is 9.95. The summed E-state index contributed by atoms with van der Waals surface area (Å²) in [4.78, 5) is 0. The average molecular weight is 276 g/mol. The molecule has 2 nitrogen and oxygen atoms in total. The van der Waals surface area contributed by atoms with Crippen molar-refractivity contribution >= 4 is 0 Å². The Morgan fingerprint density at radius 2 is 1.60 bits per heavy atom. The number of hydrazine groups is 1. The van der Waals surface area contributed by atoms with Crippen molar-refractivity contribution in [2.24, 2.45) is 5.84 Å². The zero-order valence-electron chi connectivity index (χ0n) is 13.3. The molecule has 0 aromatic heterocycles. The van der Waals surface area contributed by atoms with Crippen LogP contribution in [0.2, 0.25) is 0 Å². The van der Waals surface area contributed by atoms with E-state index in [0.717, 1.165) is 12.8 Å². The monoisotopic (exact) mass is 276 g/mol. The second-order valence-electron chi connectivity index (χ2n) is 5.68. The van der Waals surface area contributed by atoms with Crippen molar-refractivity contribution in [3.63, 3.8) is 0 Å². The third kappa shape index (κ3) is 6.06. The average Bonchev–Trinajstić information content (AvgIpc) is 2.50. The van der Waals surface area contributed by atoms with E-state index in [1.54, 1.807) is 0 Å². The van der Waals surface area contributed by atoms with Crippen LogP contribution >= 0.6 is 0 Å². The van der Waals surface area contributed by atoms with Crippen LogP contribution in [0.15, 0.2) is 24.3 Å². The number of hydrogen-bond acceptors (Lipinski definition) is 2. The summed E-state index contributed by atoms with van der Waals surface area (Å²) in [5, 5.41) is 0. The summed E-state index contributed by atoms with van der Waals surface area (Å²) in [5.74, 6) is 5.76. The van der Waals surface area contributed by atoms with Crippen molar-refractivity contribution in [3.05, 3.63) is 35.4 Å². The minimum absolute atomic E-state index is 0.307. The smallest absolute Gasteiger partial charge is 0.0462 e. The van der Waals surface area contributed by atoms with Gasteiger partial charge in [-0.25, -0.2) is 0 Å². The highest BCUT2D eigenvalue weighted by atomic mass is 15.2. The predicted molar refractivity (Wildman–Crippen MR) is 88.5 cm³/mol. The lowest BCUT2D eigenvalue weighted by Gasteiger charge is -2.19. The van der Waals surface area contributed by atoms with Gasteiger partial charge in [0.1, 0.15) is 0 Å². The summed E-state index contributed by atoms with van der Waals surface area (Å²) in [5.41, 5.74) is 5.80. The minimum Gasteiger partial charge on any atom is -0.271 e. The SMILES string of the molecule is CCCCCCCCCC(NN)c1ccccc1CC. The van der Waals surface area contributed by atoms with Crippen LogP contribution in [0, 0.1) is 0 Å². The zero-order valence-corrected chi connectivity index (χ0v) is 13.3. The number of rotatable bonds is 11. The van der Waals surface area contributed by atoms with Gasteiger partial charge in [0.2, 0.25) is 0 Å². The van der Waals surface area contributed by atoms with Gasteiger partial charge in [-0.2, -0.15) is 0 Å². The van der Waals surface area contributed by atoms with Gasteiger partial charge in [-0.1, -0.05) is 83.1 Å². The molecule has 0 radical (unpaired) electrons. The topological polar surface area (TPSA) is 38.0 Å². The van der Waals surface area contributed by atoms with E-state index in [1.165, 1.54) is 56.1 Å². The highest BCUT2D eigenvalue weighted by Crippen LogP contribution is 2.23. The van der Waals surface area contributed by atoms with Crippen LogP contribution in [0.5, 0.6) is 0 Å². The number of aryl methyl sites for hydroxylation is 1. The van der Waals surface area contributed by atoms with Crippen LogP contribution in [0.3, 0.4) is 0 Å². The number of hydrogen-bond donors (Lipinski definition) is 2. The standard InChI is InChI=1S/C18H32N2/c1-3-5-6-7-8-9-10-15-18(20-19)17-14-12-11-13-16(17)4-2/h11-14,18,20H,3-10,15,19H2,1-2H3. The van der Waals surface area contributed by atoms with Crippen molar-refractivity contribution in [1.82, 2.24) is 5.43 Å². The third-order valence-corrected chi connectivity index (χ3v) is 4.11. The molecule has 0 aliphatic heterocycles. The molecule has 114 valence electrons. The van der Waals surface area contributed by atoms with Crippen LogP contribution < -0.4 is 11.3 Å². The van der Waals surface area contributed by atoms with E-state index in [1.807, 2.05) is 0 Å². The Labute approximate surface area is 125 Å². The van der Waals surface area contributed by atoms with Gasteiger partial charge in [0, 0.05) is 6.04 Å². The molecule has 0 aliphatic rings. The number of unbranched alkanes of at least 4 members (excludes halogenated alkanes) is 6. The Bertz CT molecular complexity index is 349. The first kappa shape index (κ1) is 17.2. The van der Waals surface area contributed by atoms with E-state index >= 15 is 0 Å². The van der Waals surface area contributed by atoms with Crippen LogP contribution in [-0.4, -0.2) is 0 Å². The van der Waals surface area contributed by atoms with Gasteiger partial charge < -0.3 is 0 Å². The number of nitrogens with two attached hydrogens (primary N) is 1. The summed E-state index contributed by atoms with van der Waals surface area (Å²) in [6, 6.07) is 8.96. The summed E-state index contributed by atoms with van der Waals surface area (Å²) in [6.07, 6.45) is 11.7. The maximum absolute atomic E-state index is 5.76. The van der Waals surface area contributed by atoms with Gasteiger partial charge >= 0.3 is 0 Å². The Balaban J connectivity index is 2.32. The molecule has 0 aliphatic carbocycles. The maximum Gasteiger partial charge on any atom is 0.0462 e. The van der Waals surface area contributed by atoms with Gasteiger partial charge in [0.25, 0.3) is 0 Å². The lowest BCUT2D eigenvalue weighted by Crippen LogP contribution is -2.28. The second kappa shape index (κ2) is 10.9. The molecular formula is C18H32N2. The minimum atomic E-state index is 0.307. The number of benzene rings is 1. The van der Waals surface area contributed by atoms with Crippen molar-refractivity contribution in [2.75, 3.05) is 0 Å². The summed E-state index contributed by atoms with van der Waals surface area (Å²) >= 11 is 0. The maximum atomic E-state index is 5.76. The van der Waals surface area contributed by atoms with Crippen LogP contribution in [0.4, 0.5) is 0 Å². The fourth-order valence-corrected chi connectivity index (χ4v) is 2.83. The molecule has 0 fully saturated rings. The van der Waals surface area contributed by atoms with Gasteiger partial charge in [0.15, 0.2) is 0 Å². The molecule has 1 atom stereocenters. The van der Waals surface area contributed by atoms with E-state index < -0.39 is 0 Å². The van der Waals surface area contributed by atoms with E-state index in [2.05, 4.69) is 43.5 Å². The Morgan fingerprint density at radius 3 is 2.25 bits per heavy atom. The van der Waals surface area contributed by atoms with Gasteiger partial charge in [0.05, 0.1) is 0 Å². The Morgan fingerprint density at radius 1 is 0.950 bits per heavy atom. The molecule has 20 heavy (non-hydrogen) atoms. The summed E-state index contributed by atoms with van der Waals surface area (Å²) < 4.78 is 0. The van der Waals surface area contributed by atoms with E-state index in [0.29, 0.717) is 6.04 Å². The molecule has 2 heteroatoms. The molecular weight excluding hydrogens is 244 g/mol. The van der Waals surface area contributed by atoms with Crippen molar-refractivity contribution in [2.45, 2.75) is 77.7 Å². The van der Waals surface area contributed by atoms with Crippen molar-refractivity contribution < 1.29 is 0 Å². The highest BCUT2D eigenvalue weighted by molar-refractivity contribution is 5.29. The fourth-order valence-electron chi connectivity index (χ4n) is 2.83. The van der Waals surface area contributed by atoms with Crippen molar-refractivity contribution in [1.29, 1.82) is 0 Å². The van der Waals surface area contributed by atoms with Gasteiger partial charge in [-0.15, -0.1) is 0 Å². The predicted octanol–water partition coefficient (Wildman–Crippen LogP) is 4.89. The van der Waals surface area contributed by atoms with Crippen LogP contribution in [-0.2, 0) is 6.42 Å². The van der Waals surface area contributed by atoms with E-state index in [-0.39, 0.29) is 0 Å². The molecule has 0 bridgehead atoms. The molecule has 0 amide bonds. The summed E-state index contributed by atoms with van der Waals surface area (Å²) in [6.45, 7) is 4.48. The Kier molecular flexibility index (Phi) is 9.35. The molecule has 3 N–H and O–H groups in total. The molecule has 1 aromatic carbocycles. The first-order chi connectivity index (χ1) is 9.83. The van der Waals surface area contributed by atoms with Gasteiger partial charge in [-0.05, 0) is 24.0 Å². The zero-order chi connectivity index (χ0) is 14.6. The lowest BCUT2D eigenvalue weighted by molar-refractivity contribution is 0.473. The molecule has 1 aromatic rings. The number of nitrogens with one attached hydrogen (secondary N) is 1. The molecule has 0 saturated carbocycles. The van der Waals surface area contributed by atoms with Crippen LogP contribution in [0.25, 0.3) is 0 Å². The van der Waals surface area contributed by atoms with Crippen molar-refractivity contribution in [3.8, 4) is 0 Å². The van der Waals surface area contributed by atoms with E-state index in [9.17, 15) is 0 Å². The Hall–Kier alpha value is -0.860. The largest absolute Gasteiger partial charge is 0.271 e.